The monoisotopic (exact) mass is 395 g/mol. The minimum absolute atomic E-state index is 0.0662. The molecule has 1 unspecified atom stereocenters. The van der Waals surface area contributed by atoms with Crippen molar-refractivity contribution in [1.29, 1.82) is 0 Å². The number of aromatic nitrogens is 2. The number of alkyl halides is 3. The number of nitrogens with zero attached hydrogens (tertiary/aromatic N) is 2. The Kier molecular flexibility index (Phi) is 6.02. The smallest absolute Gasteiger partial charge is 0.289 e. The Hall–Kier alpha value is -1.15. The van der Waals surface area contributed by atoms with Crippen LogP contribution in [0.15, 0.2) is 34.0 Å². The Bertz CT molecular complexity index is 677. The van der Waals surface area contributed by atoms with E-state index in [1.165, 1.54) is 24.1 Å². The number of carbonyl (C=O) groups excluding carboxylic acids is 1. The van der Waals surface area contributed by atoms with Crippen LogP contribution in [-0.4, -0.2) is 32.2 Å². The van der Waals surface area contributed by atoms with Gasteiger partial charge in [-0.25, -0.2) is 4.98 Å². The maximum absolute atomic E-state index is 12.0. The van der Waals surface area contributed by atoms with Crippen molar-refractivity contribution < 1.29 is 13.9 Å². The summed E-state index contributed by atoms with van der Waals surface area (Å²) in [6, 6.07) is 4.62. The summed E-state index contributed by atoms with van der Waals surface area (Å²) in [5.41, 5.74) is 0.680. The van der Waals surface area contributed by atoms with E-state index < -0.39 is 15.9 Å². The molecule has 0 aliphatic rings. The molecule has 0 fully saturated rings. The number of rotatable bonds is 5. The Morgan fingerprint density at radius 2 is 2.17 bits per heavy atom. The van der Waals surface area contributed by atoms with Gasteiger partial charge in [-0.05, 0) is 25.3 Å². The molecule has 0 bridgehead atoms. The Balaban J connectivity index is 2.19. The fraction of sp³-hybridized carbons (Fsp3) is 0.308. The molecule has 1 atom stereocenters. The van der Waals surface area contributed by atoms with Gasteiger partial charge < -0.3 is 14.5 Å². The van der Waals surface area contributed by atoms with E-state index in [2.05, 4.69) is 15.3 Å². The molecule has 2 aromatic rings. The number of aryl methyl sites for hydroxylation is 1. The molecule has 0 radical (unpaired) electrons. The maximum atomic E-state index is 12.0. The van der Waals surface area contributed by atoms with Crippen LogP contribution >= 0.6 is 46.6 Å². The third-order valence-corrected chi connectivity index (χ3v) is 3.68. The van der Waals surface area contributed by atoms with E-state index in [-0.39, 0.29) is 11.6 Å². The first kappa shape index (κ1) is 18.2. The molecule has 0 spiro atoms. The van der Waals surface area contributed by atoms with Gasteiger partial charge in [0.25, 0.3) is 5.91 Å². The van der Waals surface area contributed by atoms with E-state index >= 15 is 0 Å². The highest BCUT2D eigenvalue weighted by molar-refractivity contribution is 7.98. The summed E-state index contributed by atoms with van der Waals surface area (Å²) in [6.45, 7) is 1.78. The van der Waals surface area contributed by atoms with Crippen molar-refractivity contribution in [3.8, 4) is 5.88 Å². The fourth-order valence-electron chi connectivity index (χ4n) is 1.56. The minimum atomic E-state index is -1.92. The number of nitrogens with one attached hydrogen (secondary N) is 1. The molecule has 23 heavy (non-hydrogen) atoms. The van der Waals surface area contributed by atoms with E-state index in [1.54, 1.807) is 19.1 Å². The summed E-state index contributed by atoms with van der Waals surface area (Å²) in [5, 5.41) is 2.95. The van der Waals surface area contributed by atoms with Crippen LogP contribution in [0.3, 0.4) is 0 Å². The number of ether oxygens (including phenoxy) is 1. The molecule has 2 aromatic heterocycles. The Labute approximate surface area is 151 Å². The molecule has 6 nitrogen and oxygen atoms in total. The lowest BCUT2D eigenvalue weighted by atomic mass is 10.4. The topological polar surface area (TPSA) is 77.2 Å². The molecular formula is C13H12Cl3N3O3S. The van der Waals surface area contributed by atoms with Crippen LogP contribution in [0.4, 0.5) is 0 Å². The number of thioether (sulfide) groups is 1. The van der Waals surface area contributed by atoms with Gasteiger partial charge in [0.1, 0.15) is 0 Å². The van der Waals surface area contributed by atoms with E-state index in [4.69, 9.17) is 44.0 Å². The van der Waals surface area contributed by atoms with Gasteiger partial charge in [0.15, 0.2) is 10.9 Å². The second kappa shape index (κ2) is 7.61. The number of carbonyl (C=O) groups is 1. The van der Waals surface area contributed by atoms with E-state index in [0.717, 1.165) is 0 Å². The standard InChI is InChI=1S/C13H12Cl3N3O3S/c1-7-6-9(18-12(17-7)23-2)22-11(13(14,15)16)19-10(20)8-4-3-5-21-8/h3-6,11H,1-2H3,(H,19,20). The van der Waals surface area contributed by atoms with E-state index in [9.17, 15) is 4.79 Å². The largest absolute Gasteiger partial charge is 0.459 e. The van der Waals surface area contributed by atoms with Crippen molar-refractivity contribution in [2.24, 2.45) is 0 Å². The highest BCUT2D eigenvalue weighted by Crippen LogP contribution is 2.32. The predicted octanol–water partition coefficient (Wildman–Crippen LogP) is 3.61. The van der Waals surface area contributed by atoms with Crippen LogP contribution in [-0.2, 0) is 0 Å². The van der Waals surface area contributed by atoms with Gasteiger partial charge in [0, 0.05) is 11.8 Å². The number of amides is 1. The first-order chi connectivity index (χ1) is 10.8. The molecule has 0 aliphatic carbocycles. The normalized spacial score (nSPS) is 12.7. The first-order valence-electron chi connectivity index (χ1n) is 6.27. The van der Waals surface area contributed by atoms with Gasteiger partial charge >= 0.3 is 0 Å². The molecule has 124 valence electrons. The molecule has 2 rings (SSSR count). The molecule has 2 heterocycles. The van der Waals surface area contributed by atoms with Gasteiger partial charge in [0.2, 0.25) is 15.9 Å². The number of hydrogen-bond acceptors (Lipinski definition) is 6. The van der Waals surface area contributed by atoms with Crippen molar-refractivity contribution in [2.45, 2.75) is 22.1 Å². The summed E-state index contributed by atoms with van der Waals surface area (Å²) >= 11 is 19.0. The number of hydrogen-bond donors (Lipinski definition) is 1. The zero-order valence-electron chi connectivity index (χ0n) is 12.0. The highest BCUT2D eigenvalue weighted by Gasteiger charge is 2.37. The lowest BCUT2D eigenvalue weighted by Crippen LogP contribution is -2.47. The third-order valence-electron chi connectivity index (χ3n) is 2.54. The van der Waals surface area contributed by atoms with Crippen LogP contribution in [0.25, 0.3) is 0 Å². The van der Waals surface area contributed by atoms with E-state index in [0.29, 0.717) is 10.9 Å². The lowest BCUT2D eigenvalue weighted by Gasteiger charge is -2.25. The van der Waals surface area contributed by atoms with Crippen LogP contribution in [0.1, 0.15) is 16.2 Å². The molecule has 1 N–H and O–H groups in total. The Morgan fingerprint density at radius 1 is 1.43 bits per heavy atom. The second-order valence-corrected chi connectivity index (χ2v) is 7.47. The zero-order chi connectivity index (χ0) is 17.0. The molecule has 10 heteroatoms. The SMILES string of the molecule is CSc1nc(C)cc(OC(NC(=O)c2ccco2)C(Cl)(Cl)Cl)n1. The molecule has 0 aromatic carbocycles. The summed E-state index contributed by atoms with van der Waals surface area (Å²) in [6.07, 6.45) is 1.91. The van der Waals surface area contributed by atoms with Gasteiger partial charge in [-0.3, -0.25) is 4.79 Å². The summed E-state index contributed by atoms with van der Waals surface area (Å²) in [7, 11) is 0. The third kappa shape index (κ3) is 5.17. The van der Waals surface area contributed by atoms with Gasteiger partial charge in [-0.1, -0.05) is 46.6 Å². The van der Waals surface area contributed by atoms with Crippen LogP contribution in [0.2, 0.25) is 0 Å². The average molecular weight is 397 g/mol. The fourth-order valence-corrected chi connectivity index (χ4v) is 2.28. The van der Waals surface area contributed by atoms with E-state index in [1.807, 2.05) is 6.26 Å². The zero-order valence-corrected chi connectivity index (χ0v) is 15.1. The van der Waals surface area contributed by atoms with Crippen molar-refractivity contribution in [1.82, 2.24) is 15.3 Å². The summed E-state index contributed by atoms with van der Waals surface area (Å²) < 4.78 is 8.61. The predicted molar refractivity (Wildman–Crippen MR) is 89.4 cm³/mol. The average Bonchev–Trinajstić information content (AvgIpc) is 2.99. The highest BCUT2D eigenvalue weighted by atomic mass is 35.6. The maximum Gasteiger partial charge on any atom is 0.289 e. The molecule has 1 amide bonds. The molecule has 0 saturated heterocycles. The lowest BCUT2D eigenvalue weighted by molar-refractivity contribution is 0.0796. The van der Waals surface area contributed by atoms with Crippen LogP contribution in [0, 0.1) is 6.92 Å². The van der Waals surface area contributed by atoms with Crippen LogP contribution < -0.4 is 10.1 Å². The summed E-state index contributed by atoms with van der Waals surface area (Å²) in [5.74, 6) is -0.336. The number of furan rings is 1. The molecule has 0 saturated carbocycles. The van der Waals surface area contributed by atoms with Crippen molar-refractivity contribution in [3.63, 3.8) is 0 Å². The quantitative estimate of drug-likeness (QED) is 0.360. The number of halogens is 3. The minimum Gasteiger partial charge on any atom is -0.459 e. The molecular weight excluding hydrogens is 385 g/mol. The van der Waals surface area contributed by atoms with Gasteiger partial charge in [-0.2, -0.15) is 4.98 Å². The van der Waals surface area contributed by atoms with Crippen molar-refractivity contribution in [3.05, 3.63) is 35.9 Å². The molecule has 0 aliphatic heterocycles. The second-order valence-electron chi connectivity index (χ2n) is 4.32. The van der Waals surface area contributed by atoms with Gasteiger partial charge in [0.05, 0.1) is 6.26 Å². The van der Waals surface area contributed by atoms with Gasteiger partial charge in [-0.15, -0.1) is 0 Å². The Morgan fingerprint density at radius 3 is 2.74 bits per heavy atom. The van der Waals surface area contributed by atoms with Crippen molar-refractivity contribution >= 4 is 52.5 Å². The van der Waals surface area contributed by atoms with Crippen molar-refractivity contribution in [2.75, 3.05) is 6.26 Å². The summed E-state index contributed by atoms with van der Waals surface area (Å²) in [4.78, 5) is 20.4. The first-order valence-corrected chi connectivity index (χ1v) is 8.63. The van der Waals surface area contributed by atoms with Crippen LogP contribution in [0.5, 0.6) is 5.88 Å².